The summed E-state index contributed by atoms with van der Waals surface area (Å²) in [6.45, 7) is 1.73. The van der Waals surface area contributed by atoms with Gasteiger partial charge in [0.05, 0.1) is 5.69 Å². The second-order valence-corrected chi connectivity index (χ2v) is 6.28. The quantitative estimate of drug-likeness (QED) is 0.705. The van der Waals surface area contributed by atoms with Crippen molar-refractivity contribution in [2.45, 2.75) is 13.0 Å². The van der Waals surface area contributed by atoms with E-state index in [0.29, 0.717) is 5.75 Å². The Balaban J connectivity index is 1.99. The van der Waals surface area contributed by atoms with E-state index in [9.17, 15) is 4.79 Å². The maximum atomic E-state index is 12.1. The lowest BCUT2D eigenvalue weighted by Crippen LogP contribution is -2.30. The predicted molar refractivity (Wildman–Crippen MR) is 92.0 cm³/mol. The van der Waals surface area contributed by atoms with Crippen molar-refractivity contribution in [3.05, 3.63) is 56.6 Å². The van der Waals surface area contributed by atoms with Gasteiger partial charge in [-0.15, -0.1) is 0 Å². The van der Waals surface area contributed by atoms with E-state index in [1.54, 1.807) is 6.92 Å². The fraction of sp³-hybridized carbons (Fsp3) is 0.133. The predicted octanol–water partition coefficient (Wildman–Crippen LogP) is 4.46. The summed E-state index contributed by atoms with van der Waals surface area (Å²) >= 11 is 5.61. The molecule has 5 heteroatoms. The summed E-state index contributed by atoms with van der Waals surface area (Å²) in [6, 6.07) is 15.0. The molecule has 0 aliphatic rings. The highest BCUT2D eigenvalue weighted by atomic mass is 127. The Morgan fingerprint density at radius 2 is 1.85 bits per heavy atom. The van der Waals surface area contributed by atoms with E-state index in [-0.39, 0.29) is 5.91 Å². The standard InChI is InChI=1S/C15H13BrINO2/c1-10(20-12-8-6-11(17)7-9-12)15(19)18-14-5-3-2-4-13(14)16/h2-10H,1H3,(H,18,19). The van der Waals surface area contributed by atoms with Gasteiger partial charge in [-0.1, -0.05) is 12.1 Å². The van der Waals surface area contributed by atoms with Gasteiger partial charge in [0, 0.05) is 8.04 Å². The molecule has 0 bridgehead atoms. The average molecular weight is 446 g/mol. The van der Waals surface area contributed by atoms with Crippen LogP contribution in [0.1, 0.15) is 6.92 Å². The molecule has 1 atom stereocenters. The molecular formula is C15H13BrINO2. The third-order valence-electron chi connectivity index (χ3n) is 2.63. The monoisotopic (exact) mass is 445 g/mol. The Morgan fingerprint density at radius 3 is 2.50 bits per heavy atom. The van der Waals surface area contributed by atoms with Crippen molar-refractivity contribution in [1.82, 2.24) is 0 Å². The summed E-state index contributed by atoms with van der Waals surface area (Å²) in [5.74, 6) is 0.496. The number of hydrogen-bond acceptors (Lipinski definition) is 2. The first-order valence-corrected chi connectivity index (χ1v) is 7.91. The highest BCUT2D eigenvalue weighted by molar-refractivity contribution is 14.1. The first kappa shape index (κ1) is 15.3. The van der Waals surface area contributed by atoms with Gasteiger partial charge in [-0.25, -0.2) is 0 Å². The van der Waals surface area contributed by atoms with Crippen LogP contribution in [-0.4, -0.2) is 12.0 Å². The molecule has 1 unspecified atom stereocenters. The highest BCUT2D eigenvalue weighted by Crippen LogP contribution is 2.22. The molecule has 0 radical (unpaired) electrons. The van der Waals surface area contributed by atoms with Gasteiger partial charge >= 0.3 is 0 Å². The van der Waals surface area contributed by atoms with Gasteiger partial charge in [-0.2, -0.15) is 0 Å². The van der Waals surface area contributed by atoms with Crippen molar-refractivity contribution in [2.75, 3.05) is 5.32 Å². The Bertz CT molecular complexity index is 601. The minimum Gasteiger partial charge on any atom is -0.481 e. The van der Waals surface area contributed by atoms with Crippen LogP contribution in [0.25, 0.3) is 0 Å². The molecule has 0 aliphatic heterocycles. The van der Waals surface area contributed by atoms with Crippen LogP contribution in [0.2, 0.25) is 0 Å². The van der Waals surface area contributed by atoms with Crippen LogP contribution in [0.5, 0.6) is 5.75 Å². The first-order chi connectivity index (χ1) is 9.56. The van der Waals surface area contributed by atoms with E-state index in [1.165, 1.54) is 0 Å². The lowest BCUT2D eigenvalue weighted by molar-refractivity contribution is -0.122. The summed E-state index contributed by atoms with van der Waals surface area (Å²) in [5.41, 5.74) is 0.732. The van der Waals surface area contributed by atoms with Crippen molar-refractivity contribution in [3.8, 4) is 5.75 Å². The highest BCUT2D eigenvalue weighted by Gasteiger charge is 2.15. The van der Waals surface area contributed by atoms with Gasteiger partial charge < -0.3 is 10.1 Å². The second kappa shape index (κ2) is 7.08. The summed E-state index contributed by atoms with van der Waals surface area (Å²) < 4.78 is 7.58. The zero-order valence-corrected chi connectivity index (χ0v) is 14.5. The number of benzene rings is 2. The Morgan fingerprint density at radius 1 is 1.20 bits per heavy atom. The molecule has 0 heterocycles. The summed E-state index contributed by atoms with van der Waals surface area (Å²) in [5, 5.41) is 2.83. The number of carbonyl (C=O) groups excluding carboxylic acids is 1. The Labute approximate surface area is 140 Å². The van der Waals surface area contributed by atoms with Crippen LogP contribution in [-0.2, 0) is 4.79 Å². The molecule has 1 N–H and O–H groups in total. The van der Waals surface area contributed by atoms with Crippen LogP contribution in [0.4, 0.5) is 5.69 Å². The van der Waals surface area contributed by atoms with Crippen molar-refractivity contribution in [3.63, 3.8) is 0 Å². The number of nitrogens with one attached hydrogen (secondary N) is 1. The van der Waals surface area contributed by atoms with E-state index in [2.05, 4.69) is 43.8 Å². The smallest absolute Gasteiger partial charge is 0.265 e. The largest absolute Gasteiger partial charge is 0.481 e. The molecule has 2 aromatic carbocycles. The molecule has 0 spiro atoms. The molecular weight excluding hydrogens is 433 g/mol. The Kier molecular flexibility index (Phi) is 5.42. The normalized spacial score (nSPS) is 11.8. The van der Waals surface area contributed by atoms with Crippen molar-refractivity contribution in [1.29, 1.82) is 0 Å². The number of rotatable bonds is 4. The van der Waals surface area contributed by atoms with Gasteiger partial charge in [0.2, 0.25) is 0 Å². The van der Waals surface area contributed by atoms with E-state index in [4.69, 9.17) is 4.74 Å². The molecule has 0 aliphatic carbocycles. The van der Waals surface area contributed by atoms with E-state index < -0.39 is 6.10 Å². The maximum Gasteiger partial charge on any atom is 0.265 e. The molecule has 2 rings (SSSR count). The maximum absolute atomic E-state index is 12.1. The molecule has 0 saturated heterocycles. The lowest BCUT2D eigenvalue weighted by Gasteiger charge is -2.15. The zero-order valence-electron chi connectivity index (χ0n) is 10.8. The SMILES string of the molecule is CC(Oc1ccc(I)cc1)C(=O)Nc1ccccc1Br. The van der Waals surface area contributed by atoms with Gasteiger partial charge in [0.15, 0.2) is 6.10 Å². The van der Waals surface area contributed by atoms with Gasteiger partial charge in [-0.3, -0.25) is 4.79 Å². The number of halogens is 2. The molecule has 20 heavy (non-hydrogen) atoms. The van der Waals surface area contributed by atoms with E-state index in [0.717, 1.165) is 13.7 Å². The first-order valence-electron chi connectivity index (χ1n) is 6.04. The summed E-state index contributed by atoms with van der Waals surface area (Å²) in [7, 11) is 0. The third-order valence-corrected chi connectivity index (χ3v) is 4.04. The topological polar surface area (TPSA) is 38.3 Å². The van der Waals surface area contributed by atoms with Gasteiger partial charge in [-0.05, 0) is 81.8 Å². The number of ether oxygens (including phenoxy) is 1. The molecule has 0 aromatic heterocycles. The number of anilines is 1. The van der Waals surface area contributed by atoms with Crippen LogP contribution < -0.4 is 10.1 Å². The van der Waals surface area contributed by atoms with Crippen LogP contribution >= 0.6 is 38.5 Å². The lowest BCUT2D eigenvalue weighted by atomic mass is 10.3. The number of amides is 1. The van der Waals surface area contributed by atoms with Gasteiger partial charge in [0.1, 0.15) is 5.75 Å². The van der Waals surface area contributed by atoms with Crippen molar-refractivity contribution >= 4 is 50.1 Å². The molecule has 0 fully saturated rings. The van der Waals surface area contributed by atoms with Crippen molar-refractivity contribution < 1.29 is 9.53 Å². The molecule has 0 saturated carbocycles. The fourth-order valence-electron chi connectivity index (χ4n) is 1.57. The van der Waals surface area contributed by atoms with Crippen LogP contribution in [0.3, 0.4) is 0 Å². The van der Waals surface area contributed by atoms with E-state index >= 15 is 0 Å². The fourth-order valence-corrected chi connectivity index (χ4v) is 2.31. The second-order valence-electron chi connectivity index (χ2n) is 4.18. The zero-order chi connectivity index (χ0) is 14.5. The molecule has 104 valence electrons. The molecule has 3 nitrogen and oxygen atoms in total. The molecule has 1 amide bonds. The average Bonchev–Trinajstić information content (AvgIpc) is 2.44. The van der Waals surface area contributed by atoms with E-state index in [1.807, 2.05) is 48.5 Å². The summed E-state index contributed by atoms with van der Waals surface area (Å²) in [4.78, 5) is 12.1. The van der Waals surface area contributed by atoms with Crippen molar-refractivity contribution in [2.24, 2.45) is 0 Å². The Hall–Kier alpha value is -1.08. The third kappa shape index (κ3) is 4.21. The number of para-hydroxylation sites is 1. The minimum atomic E-state index is -0.567. The van der Waals surface area contributed by atoms with Crippen LogP contribution in [0, 0.1) is 3.57 Å². The summed E-state index contributed by atoms with van der Waals surface area (Å²) in [6.07, 6.45) is -0.567. The minimum absolute atomic E-state index is 0.185. The van der Waals surface area contributed by atoms with Gasteiger partial charge in [0.25, 0.3) is 5.91 Å². The molecule has 2 aromatic rings. The number of carbonyl (C=O) groups is 1. The van der Waals surface area contributed by atoms with Crippen LogP contribution in [0.15, 0.2) is 53.0 Å². The number of hydrogen-bond donors (Lipinski definition) is 1.